The Morgan fingerprint density at radius 1 is 1.30 bits per heavy atom. The van der Waals surface area contributed by atoms with Crippen LogP contribution in [0.5, 0.6) is 0 Å². The smallest absolute Gasteiger partial charge is 0.144 e. The molecule has 1 saturated carbocycles. The van der Waals surface area contributed by atoms with E-state index in [1.165, 1.54) is 11.1 Å². The Morgan fingerprint density at radius 2 is 2.00 bits per heavy atom. The zero-order valence-electron chi connectivity index (χ0n) is 11.2. The largest absolute Gasteiger partial charge is 0.411 e. The molecule has 1 spiro atoms. The van der Waals surface area contributed by atoms with Crippen LogP contribution < -0.4 is 0 Å². The van der Waals surface area contributed by atoms with E-state index < -0.39 is 0 Å². The van der Waals surface area contributed by atoms with Gasteiger partial charge in [-0.25, -0.2) is 0 Å². The highest BCUT2D eigenvalue weighted by Crippen LogP contribution is 2.37. The van der Waals surface area contributed by atoms with Crippen LogP contribution in [0.15, 0.2) is 34.6 Å². The Labute approximate surface area is 118 Å². The van der Waals surface area contributed by atoms with E-state index in [4.69, 9.17) is 16.5 Å². The molecule has 0 aromatic rings. The highest BCUT2D eigenvalue weighted by molar-refractivity contribution is 6.01. The summed E-state index contributed by atoms with van der Waals surface area (Å²) in [6.07, 6.45) is 9.18. The summed E-state index contributed by atoms with van der Waals surface area (Å²) >= 11 is 0. The van der Waals surface area contributed by atoms with Gasteiger partial charge in [-0.1, -0.05) is 34.4 Å². The third-order valence-corrected chi connectivity index (χ3v) is 4.00. The molecule has 0 aromatic heterocycles. The lowest BCUT2D eigenvalue weighted by molar-refractivity contribution is -0.0334. The van der Waals surface area contributed by atoms with Gasteiger partial charge in [0.05, 0.1) is 5.71 Å². The van der Waals surface area contributed by atoms with Gasteiger partial charge in [0.25, 0.3) is 0 Å². The van der Waals surface area contributed by atoms with E-state index in [1.807, 2.05) is 0 Å². The second-order valence-electron chi connectivity index (χ2n) is 5.38. The van der Waals surface area contributed by atoms with Gasteiger partial charge in [-0.05, 0) is 42.9 Å². The molecule has 0 atom stereocenters. The van der Waals surface area contributed by atoms with E-state index in [2.05, 4.69) is 40.5 Å². The van der Waals surface area contributed by atoms with Crippen molar-refractivity contribution < 1.29 is 10.0 Å². The van der Waals surface area contributed by atoms with Crippen molar-refractivity contribution in [1.82, 2.24) is 0 Å². The number of benzene rings is 1. The van der Waals surface area contributed by atoms with Crippen LogP contribution in [0.25, 0.3) is 11.1 Å². The second kappa shape index (κ2) is 5.01. The zero-order chi connectivity index (χ0) is 14.0. The molecule has 4 aliphatic rings. The summed E-state index contributed by atoms with van der Waals surface area (Å²) in [5.74, 6) is 2.51. The minimum atomic E-state index is -0.212. The highest BCUT2D eigenvalue weighted by Gasteiger charge is 2.41. The summed E-state index contributed by atoms with van der Waals surface area (Å²) in [4.78, 5) is 5.39. The van der Waals surface area contributed by atoms with Crippen molar-refractivity contribution in [3.8, 4) is 23.5 Å². The maximum Gasteiger partial charge on any atom is 0.144 e. The monoisotopic (exact) mass is 268 g/mol. The molecule has 20 heavy (non-hydrogen) atoms. The number of oxime groups is 2. The average molecular weight is 268 g/mol. The first-order valence-electron chi connectivity index (χ1n) is 6.77. The summed E-state index contributed by atoms with van der Waals surface area (Å²) < 4.78 is 0. The Hall–Kier alpha value is -2.28. The third-order valence-electron chi connectivity index (χ3n) is 4.00. The molecule has 0 saturated heterocycles. The fraction of sp³-hybridized carbons (Fsp3) is 0.375. The van der Waals surface area contributed by atoms with Gasteiger partial charge in [0, 0.05) is 6.42 Å². The maximum absolute atomic E-state index is 8.61. The molecule has 4 nitrogen and oxygen atoms in total. The van der Waals surface area contributed by atoms with Crippen LogP contribution in [0.2, 0.25) is 0 Å². The zero-order valence-corrected chi connectivity index (χ0v) is 11.2. The average Bonchev–Trinajstić information content (AvgIpc) is 2.91. The van der Waals surface area contributed by atoms with E-state index in [0.717, 1.165) is 37.8 Å². The number of hydrogen-bond donors (Lipinski definition) is 1. The van der Waals surface area contributed by atoms with E-state index >= 15 is 0 Å². The van der Waals surface area contributed by atoms with Crippen molar-refractivity contribution in [2.45, 2.75) is 37.7 Å². The molecule has 1 N–H and O–H groups in total. The predicted octanol–water partition coefficient (Wildman–Crippen LogP) is 3.21. The summed E-state index contributed by atoms with van der Waals surface area (Å²) in [6.45, 7) is 0. The van der Waals surface area contributed by atoms with Crippen LogP contribution in [-0.4, -0.2) is 22.2 Å². The molecule has 1 aliphatic heterocycles. The van der Waals surface area contributed by atoms with Gasteiger partial charge in [-0.3, -0.25) is 0 Å². The third kappa shape index (κ3) is 2.53. The molecule has 4 heteroatoms. The molecule has 1 fully saturated rings. The molecule has 102 valence electrons. The predicted molar refractivity (Wildman–Crippen MR) is 77.8 cm³/mol. The lowest BCUT2D eigenvalue weighted by Crippen LogP contribution is -2.34. The first-order chi connectivity index (χ1) is 9.74. The van der Waals surface area contributed by atoms with Crippen molar-refractivity contribution in [3.05, 3.63) is 24.3 Å². The molecular formula is C16H16N2O2. The van der Waals surface area contributed by atoms with Gasteiger partial charge in [0.2, 0.25) is 0 Å². The number of hydrogen-bond acceptors (Lipinski definition) is 4. The fourth-order valence-corrected chi connectivity index (χ4v) is 2.64. The molecular weight excluding hydrogens is 252 g/mol. The Bertz CT molecular complexity index is 598. The molecule has 0 bridgehead atoms. The molecule has 0 unspecified atom stereocenters. The van der Waals surface area contributed by atoms with E-state index in [9.17, 15) is 0 Å². The SMILES string of the molecule is C#CC1=NOC2(CCC(=NO)CC2)C1.c1cc2cc-2c1. The van der Waals surface area contributed by atoms with Crippen LogP contribution >= 0.6 is 0 Å². The van der Waals surface area contributed by atoms with Crippen molar-refractivity contribution in [1.29, 1.82) is 0 Å². The maximum atomic E-state index is 8.61. The molecule has 0 amide bonds. The Morgan fingerprint density at radius 3 is 2.40 bits per heavy atom. The minimum absolute atomic E-state index is 0.212. The summed E-state index contributed by atoms with van der Waals surface area (Å²) in [5.41, 5.74) is 4.17. The number of rotatable bonds is 0. The lowest BCUT2D eigenvalue weighted by atomic mass is 9.81. The highest BCUT2D eigenvalue weighted by atomic mass is 16.7. The van der Waals surface area contributed by atoms with Crippen molar-refractivity contribution >= 4 is 11.4 Å². The van der Waals surface area contributed by atoms with Gasteiger partial charge in [0.1, 0.15) is 11.3 Å². The van der Waals surface area contributed by atoms with E-state index in [0.29, 0.717) is 5.71 Å². The first-order valence-corrected chi connectivity index (χ1v) is 6.77. The molecule has 4 rings (SSSR count). The second-order valence-corrected chi connectivity index (χ2v) is 5.38. The number of fused-ring (bicyclic) bond motifs is 1. The lowest BCUT2D eigenvalue weighted by Gasteiger charge is -2.30. The van der Waals surface area contributed by atoms with E-state index in [1.54, 1.807) is 0 Å². The van der Waals surface area contributed by atoms with Gasteiger partial charge in [-0.15, -0.1) is 6.42 Å². The van der Waals surface area contributed by atoms with Crippen LogP contribution in [-0.2, 0) is 4.84 Å². The summed E-state index contributed by atoms with van der Waals surface area (Å²) in [5, 5.41) is 15.7. The molecule has 0 radical (unpaired) electrons. The van der Waals surface area contributed by atoms with Crippen LogP contribution in [0.1, 0.15) is 32.1 Å². The van der Waals surface area contributed by atoms with Crippen LogP contribution in [0.4, 0.5) is 0 Å². The summed E-state index contributed by atoms with van der Waals surface area (Å²) in [7, 11) is 0. The number of nitrogens with zero attached hydrogens (tertiary/aromatic N) is 2. The van der Waals surface area contributed by atoms with Crippen LogP contribution in [0.3, 0.4) is 0 Å². The standard InChI is InChI=1S/C10H12N2O2.C6H4/c1-2-8-7-10(14-12-8)5-3-9(11-13)4-6-10;1-2-5-4-6(5)3-1/h1,13H,3-7H2;1-4H. The quantitative estimate of drug-likeness (QED) is 0.453. The van der Waals surface area contributed by atoms with Gasteiger partial charge < -0.3 is 10.0 Å². The Balaban J connectivity index is 0.000000165. The van der Waals surface area contributed by atoms with Gasteiger partial charge >= 0.3 is 0 Å². The normalized spacial score (nSPS) is 24.9. The topological polar surface area (TPSA) is 54.2 Å². The summed E-state index contributed by atoms with van der Waals surface area (Å²) in [6, 6.07) is 8.48. The van der Waals surface area contributed by atoms with Crippen LogP contribution in [0, 0.1) is 12.3 Å². The van der Waals surface area contributed by atoms with Gasteiger partial charge in [-0.2, -0.15) is 0 Å². The minimum Gasteiger partial charge on any atom is -0.411 e. The first kappa shape index (κ1) is 12.7. The molecule has 0 aromatic carbocycles. The van der Waals surface area contributed by atoms with Crippen molar-refractivity contribution in [2.24, 2.45) is 10.3 Å². The molecule has 3 aliphatic carbocycles. The molecule has 1 heterocycles. The van der Waals surface area contributed by atoms with Gasteiger partial charge in [0.15, 0.2) is 0 Å². The van der Waals surface area contributed by atoms with E-state index in [-0.39, 0.29) is 5.60 Å². The Kier molecular flexibility index (Phi) is 3.19. The fourth-order valence-electron chi connectivity index (χ4n) is 2.64. The van der Waals surface area contributed by atoms with Crippen molar-refractivity contribution in [3.63, 3.8) is 0 Å². The number of terminal acetylenes is 1. The van der Waals surface area contributed by atoms with Crippen molar-refractivity contribution in [2.75, 3.05) is 0 Å².